The molecule has 0 saturated heterocycles. The van der Waals surface area contributed by atoms with Crippen LogP contribution in [0.2, 0.25) is 0 Å². The maximum Gasteiger partial charge on any atom is 0.321 e. The fraction of sp³-hybridized carbons (Fsp3) is 0.273. The number of nitrogens with zero attached hydrogens (tertiary/aromatic N) is 2. The van der Waals surface area contributed by atoms with Crippen LogP contribution in [0, 0.1) is 0 Å². The first-order valence-corrected chi connectivity index (χ1v) is 9.00. The third-order valence-electron chi connectivity index (χ3n) is 4.49. The van der Waals surface area contributed by atoms with Crippen molar-refractivity contribution >= 4 is 22.5 Å². The summed E-state index contributed by atoms with van der Waals surface area (Å²) in [5.41, 5.74) is 4.56. The van der Waals surface area contributed by atoms with E-state index in [4.69, 9.17) is 9.47 Å². The Bertz CT molecular complexity index is 986. The van der Waals surface area contributed by atoms with Crippen molar-refractivity contribution in [1.29, 1.82) is 0 Å². The average Bonchev–Trinajstić information content (AvgIpc) is 2.69. The minimum Gasteiger partial charge on any atom is -0.380 e. The molecule has 146 valence electrons. The fourth-order valence-electron chi connectivity index (χ4n) is 3.06. The molecular formula is C22H25N3O3. The third kappa shape index (κ3) is 4.30. The molecule has 28 heavy (non-hydrogen) atoms. The predicted octanol–water partition coefficient (Wildman–Crippen LogP) is 4.29. The molecule has 0 bridgehead atoms. The van der Waals surface area contributed by atoms with Crippen LogP contribution < -0.4 is 5.32 Å². The van der Waals surface area contributed by atoms with E-state index in [0.29, 0.717) is 13.2 Å². The number of aromatic nitrogens is 1. The van der Waals surface area contributed by atoms with E-state index in [2.05, 4.69) is 22.4 Å². The van der Waals surface area contributed by atoms with Crippen LogP contribution in [0.5, 0.6) is 0 Å². The van der Waals surface area contributed by atoms with Gasteiger partial charge in [0.2, 0.25) is 0 Å². The van der Waals surface area contributed by atoms with E-state index in [1.54, 1.807) is 28.3 Å². The zero-order valence-electron chi connectivity index (χ0n) is 16.7. The molecule has 2 amide bonds. The highest BCUT2D eigenvalue weighted by Crippen LogP contribution is 2.30. The summed E-state index contributed by atoms with van der Waals surface area (Å²) in [4.78, 5) is 18.2. The average molecular weight is 379 g/mol. The summed E-state index contributed by atoms with van der Waals surface area (Å²) < 4.78 is 10.6. The predicted molar refractivity (Wildman–Crippen MR) is 111 cm³/mol. The topological polar surface area (TPSA) is 63.7 Å². The molecular weight excluding hydrogens is 354 g/mol. The highest BCUT2D eigenvalue weighted by atomic mass is 16.5. The SMILES string of the molecule is COCc1cc2cnc(-c3ccccc3NC(=O)N(C)C)cc2cc1COC. The molecule has 1 heterocycles. The highest BCUT2D eigenvalue weighted by Gasteiger charge is 2.12. The first-order chi connectivity index (χ1) is 13.5. The van der Waals surface area contributed by atoms with Gasteiger partial charge in [-0.1, -0.05) is 18.2 Å². The van der Waals surface area contributed by atoms with Crippen LogP contribution in [0.25, 0.3) is 22.0 Å². The zero-order valence-corrected chi connectivity index (χ0v) is 16.7. The van der Waals surface area contributed by atoms with E-state index in [9.17, 15) is 4.79 Å². The maximum absolute atomic E-state index is 12.1. The molecule has 1 N–H and O–H groups in total. The number of benzene rings is 2. The summed E-state index contributed by atoms with van der Waals surface area (Å²) in [6, 6.07) is 13.7. The number of pyridine rings is 1. The van der Waals surface area contributed by atoms with Crippen molar-refractivity contribution in [3.05, 3.63) is 59.8 Å². The van der Waals surface area contributed by atoms with Crippen LogP contribution in [-0.4, -0.2) is 44.2 Å². The van der Waals surface area contributed by atoms with Crippen LogP contribution in [0.15, 0.2) is 48.7 Å². The molecule has 6 heteroatoms. The van der Waals surface area contributed by atoms with Crippen molar-refractivity contribution in [3.8, 4) is 11.3 Å². The second-order valence-electron chi connectivity index (χ2n) is 6.77. The number of ether oxygens (including phenoxy) is 2. The Kier molecular flexibility index (Phi) is 6.23. The number of nitrogens with one attached hydrogen (secondary N) is 1. The Morgan fingerprint density at radius 1 is 1.00 bits per heavy atom. The Hall–Kier alpha value is -2.96. The Morgan fingerprint density at radius 2 is 1.64 bits per heavy atom. The molecule has 0 aliphatic carbocycles. The summed E-state index contributed by atoms with van der Waals surface area (Å²) in [6.07, 6.45) is 1.85. The summed E-state index contributed by atoms with van der Waals surface area (Å²) >= 11 is 0. The van der Waals surface area contributed by atoms with Gasteiger partial charge in [-0.25, -0.2) is 4.79 Å². The first kappa shape index (κ1) is 19.8. The van der Waals surface area contributed by atoms with Crippen LogP contribution in [-0.2, 0) is 22.7 Å². The van der Waals surface area contributed by atoms with Crippen molar-refractivity contribution in [2.75, 3.05) is 33.6 Å². The van der Waals surface area contributed by atoms with E-state index in [1.165, 1.54) is 4.90 Å². The molecule has 0 atom stereocenters. The molecule has 0 spiro atoms. The highest BCUT2D eigenvalue weighted by molar-refractivity contribution is 5.95. The van der Waals surface area contributed by atoms with Gasteiger partial charge < -0.3 is 19.7 Å². The summed E-state index contributed by atoms with van der Waals surface area (Å²) in [5.74, 6) is 0. The Labute approximate surface area is 165 Å². The number of carbonyl (C=O) groups excluding carboxylic acids is 1. The minimum atomic E-state index is -0.181. The molecule has 1 aromatic heterocycles. The fourth-order valence-corrected chi connectivity index (χ4v) is 3.06. The summed E-state index contributed by atoms with van der Waals surface area (Å²) in [5, 5.41) is 5.02. The van der Waals surface area contributed by atoms with Crippen molar-refractivity contribution in [1.82, 2.24) is 9.88 Å². The maximum atomic E-state index is 12.1. The van der Waals surface area contributed by atoms with E-state index in [0.717, 1.165) is 38.8 Å². The quantitative estimate of drug-likeness (QED) is 0.694. The first-order valence-electron chi connectivity index (χ1n) is 9.00. The second kappa shape index (κ2) is 8.82. The van der Waals surface area contributed by atoms with Crippen molar-refractivity contribution in [2.24, 2.45) is 0 Å². The monoisotopic (exact) mass is 379 g/mol. The van der Waals surface area contributed by atoms with Crippen LogP contribution in [0.3, 0.4) is 0 Å². The van der Waals surface area contributed by atoms with E-state index in [-0.39, 0.29) is 6.03 Å². The van der Waals surface area contributed by atoms with Gasteiger partial charge >= 0.3 is 6.03 Å². The molecule has 2 aromatic carbocycles. The lowest BCUT2D eigenvalue weighted by Crippen LogP contribution is -2.27. The van der Waals surface area contributed by atoms with Crippen molar-refractivity contribution < 1.29 is 14.3 Å². The van der Waals surface area contributed by atoms with Gasteiger partial charge in [-0.3, -0.25) is 4.98 Å². The Morgan fingerprint density at radius 3 is 2.29 bits per heavy atom. The van der Waals surface area contributed by atoms with Gasteiger partial charge in [0, 0.05) is 45.5 Å². The molecule has 0 fully saturated rings. The minimum absolute atomic E-state index is 0.181. The van der Waals surface area contributed by atoms with E-state index >= 15 is 0 Å². The molecule has 0 radical (unpaired) electrons. The number of urea groups is 1. The molecule has 0 aliphatic rings. The Balaban J connectivity index is 2.05. The molecule has 0 saturated carbocycles. The van der Waals surface area contributed by atoms with Gasteiger partial charge in [-0.05, 0) is 40.8 Å². The number of hydrogen-bond donors (Lipinski definition) is 1. The zero-order chi connectivity index (χ0) is 20.1. The number of anilines is 1. The van der Waals surface area contributed by atoms with Gasteiger partial charge in [0.05, 0.1) is 24.6 Å². The van der Waals surface area contributed by atoms with E-state index in [1.807, 2.05) is 36.5 Å². The molecule has 6 nitrogen and oxygen atoms in total. The summed E-state index contributed by atoms with van der Waals surface area (Å²) in [6.45, 7) is 1.04. The normalized spacial score (nSPS) is 10.9. The van der Waals surface area contributed by atoms with Gasteiger partial charge in [0.1, 0.15) is 0 Å². The lowest BCUT2D eigenvalue weighted by atomic mass is 10.0. The van der Waals surface area contributed by atoms with Crippen LogP contribution in [0.1, 0.15) is 11.1 Å². The summed E-state index contributed by atoms with van der Waals surface area (Å²) in [7, 11) is 6.78. The van der Waals surface area contributed by atoms with E-state index < -0.39 is 0 Å². The van der Waals surface area contributed by atoms with Gasteiger partial charge in [0.15, 0.2) is 0 Å². The number of para-hydroxylation sites is 1. The molecule has 3 aromatic rings. The smallest absolute Gasteiger partial charge is 0.321 e. The van der Waals surface area contributed by atoms with Gasteiger partial charge in [-0.15, -0.1) is 0 Å². The number of methoxy groups -OCH3 is 2. The van der Waals surface area contributed by atoms with Gasteiger partial charge in [0.25, 0.3) is 0 Å². The third-order valence-corrected chi connectivity index (χ3v) is 4.49. The number of carbonyl (C=O) groups is 1. The number of hydrogen-bond acceptors (Lipinski definition) is 4. The molecule has 3 rings (SSSR count). The lowest BCUT2D eigenvalue weighted by Gasteiger charge is -2.15. The van der Waals surface area contributed by atoms with Crippen molar-refractivity contribution in [2.45, 2.75) is 13.2 Å². The van der Waals surface area contributed by atoms with Crippen molar-refractivity contribution in [3.63, 3.8) is 0 Å². The standard InChI is InChI=1S/C22H25N3O3/c1-25(2)22(26)24-20-8-6-5-7-19(20)21-11-15-9-17(13-27-3)18(14-28-4)10-16(15)12-23-21/h5-12H,13-14H2,1-4H3,(H,24,26). The number of rotatable bonds is 6. The largest absolute Gasteiger partial charge is 0.380 e. The number of amides is 2. The second-order valence-corrected chi connectivity index (χ2v) is 6.77. The molecule has 0 aliphatic heterocycles. The van der Waals surface area contributed by atoms with Gasteiger partial charge in [-0.2, -0.15) is 0 Å². The van der Waals surface area contributed by atoms with Crippen LogP contribution >= 0.6 is 0 Å². The van der Waals surface area contributed by atoms with Crippen LogP contribution in [0.4, 0.5) is 10.5 Å². The molecule has 0 unspecified atom stereocenters. The lowest BCUT2D eigenvalue weighted by molar-refractivity contribution is 0.168. The number of fused-ring (bicyclic) bond motifs is 1.